The van der Waals surface area contributed by atoms with Gasteiger partial charge in [-0.2, -0.15) is 0 Å². The number of amides is 1. The summed E-state index contributed by atoms with van der Waals surface area (Å²) in [5.74, 6) is 0.492. The zero-order chi connectivity index (χ0) is 27.2. The standard InChI is InChI=1S/C26H28Cl2N2O6S/c1-26(2,3)36-25(32)30-12-16-7-9-23(37-16)24(31)35-21(11-17-18(27)13-29-14-19(17)28)15-6-8-20(33-4)22(10-15)34-5/h6-10,13-14,21H,11-12H2,1-5H3,(H,30,32)/t21-/m0/s1. The van der Waals surface area contributed by atoms with Crippen LogP contribution in [0.4, 0.5) is 4.79 Å². The number of pyridine rings is 1. The normalized spacial score (nSPS) is 12.0. The number of thiophene rings is 1. The predicted octanol–water partition coefficient (Wildman–Crippen LogP) is 6.63. The molecule has 0 aliphatic carbocycles. The Hall–Kier alpha value is -3.01. The first-order chi connectivity index (χ1) is 17.5. The molecule has 0 fully saturated rings. The minimum Gasteiger partial charge on any atom is -0.493 e. The molecular formula is C26H28Cl2N2O6S. The van der Waals surface area contributed by atoms with E-state index >= 15 is 0 Å². The molecule has 37 heavy (non-hydrogen) atoms. The van der Waals surface area contributed by atoms with E-state index < -0.39 is 23.8 Å². The van der Waals surface area contributed by atoms with Crippen molar-refractivity contribution in [3.8, 4) is 11.5 Å². The quantitative estimate of drug-likeness (QED) is 0.290. The first-order valence-corrected chi connectivity index (χ1v) is 12.8. The third-order valence-electron chi connectivity index (χ3n) is 5.04. The van der Waals surface area contributed by atoms with Crippen LogP contribution in [0, 0.1) is 0 Å². The van der Waals surface area contributed by atoms with Gasteiger partial charge < -0.3 is 24.3 Å². The van der Waals surface area contributed by atoms with Gasteiger partial charge in [0.1, 0.15) is 16.6 Å². The van der Waals surface area contributed by atoms with Crippen molar-refractivity contribution in [2.45, 2.75) is 45.4 Å². The van der Waals surface area contributed by atoms with Crippen LogP contribution in [-0.4, -0.2) is 36.9 Å². The zero-order valence-electron chi connectivity index (χ0n) is 21.1. The number of aromatic nitrogens is 1. The highest BCUT2D eigenvalue weighted by atomic mass is 35.5. The SMILES string of the molecule is COc1ccc([C@H](Cc2c(Cl)cncc2Cl)OC(=O)c2ccc(CNC(=O)OC(C)(C)C)s2)cc1OC. The van der Waals surface area contributed by atoms with Gasteiger partial charge in [-0.1, -0.05) is 29.3 Å². The Kier molecular flexibility index (Phi) is 9.64. The van der Waals surface area contributed by atoms with Gasteiger partial charge in [0.05, 0.1) is 30.8 Å². The van der Waals surface area contributed by atoms with Crippen LogP contribution < -0.4 is 14.8 Å². The molecule has 1 aromatic carbocycles. The number of halogens is 2. The van der Waals surface area contributed by atoms with Gasteiger partial charge in [-0.15, -0.1) is 11.3 Å². The highest BCUT2D eigenvalue weighted by Gasteiger charge is 2.24. The fourth-order valence-corrected chi connectivity index (χ4v) is 4.69. The zero-order valence-corrected chi connectivity index (χ0v) is 23.4. The summed E-state index contributed by atoms with van der Waals surface area (Å²) in [7, 11) is 3.06. The monoisotopic (exact) mass is 566 g/mol. The Morgan fingerprint density at radius 1 is 1.03 bits per heavy atom. The Labute approximate surface area is 229 Å². The van der Waals surface area contributed by atoms with Crippen molar-refractivity contribution >= 4 is 46.6 Å². The smallest absolute Gasteiger partial charge is 0.407 e. The summed E-state index contributed by atoms with van der Waals surface area (Å²) in [6, 6.07) is 8.66. The summed E-state index contributed by atoms with van der Waals surface area (Å²) in [6.45, 7) is 5.57. The maximum atomic E-state index is 13.1. The highest BCUT2D eigenvalue weighted by Crippen LogP contribution is 2.36. The second-order valence-corrected chi connectivity index (χ2v) is 10.9. The van der Waals surface area contributed by atoms with Crippen molar-refractivity contribution in [3.63, 3.8) is 0 Å². The van der Waals surface area contributed by atoms with Crippen LogP contribution in [-0.2, 0) is 22.4 Å². The van der Waals surface area contributed by atoms with Crippen LogP contribution >= 0.6 is 34.5 Å². The number of carbonyl (C=O) groups is 2. The second kappa shape index (κ2) is 12.5. The fraction of sp³-hybridized carbons (Fsp3) is 0.346. The van der Waals surface area contributed by atoms with Crippen LogP contribution in [0.15, 0.2) is 42.7 Å². The van der Waals surface area contributed by atoms with E-state index in [0.29, 0.717) is 37.5 Å². The molecule has 0 saturated heterocycles. The second-order valence-electron chi connectivity index (χ2n) is 8.92. The summed E-state index contributed by atoms with van der Waals surface area (Å²) >= 11 is 13.9. The molecule has 1 N–H and O–H groups in total. The Morgan fingerprint density at radius 2 is 1.70 bits per heavy atom. The molecule has 0 unspecified atom stereocenters. The third-order valence-corrected chi connectivity index (χ3v) is 6.76. The minimum atomic E-state index is -0.741. The van der Waals surface area contributed by atoms with Gasteiger partial charge in [-0.3, -0.25) is 4.98 Å². The largest absolute Gasteiger partial charge is 0.493 e. The Morgan fingerprint density at radius 3 is 2.32 bits per heavy atom. The average molecular weight is 567 g/mol. The maximum Gasteiger partial charge on any atom is 0.407 e. The molecule has 3 aromatic rings. The number of nitrogens with zero attached hydrogens (tertiary/aromatic N) is 1. The van der Waals surface area contributed by atoms with Gasteiger partial charge in [-0.05, 0) is 56.2 Å². The van der Waals surface area contributed by atoms with Crippen LogP contribution in [0.1, 0.15) is 52.6 Å². The van der Waals surface area contributed by atoms with E-state index in [0.717, 1.165) is 4.88 Å². The van der Waals surface area contributed by atoms with Gasteiger partial charge in [0.15, 0.2) is 11.5 Å². The molecule has 1 amide bonds. The summed E-state index contributed by atoms with van der Waals surface area (Å²) in [6.07, 6.45) is 1.90. The first kappa shape index (κ1) is 28.6. The summed E-state index contributed by atoms with van der Waals surface area (Å²) in [5, 5.41) is 3.40. The molecule has 0 saturated carbocycles. The van der Waals surface area contributed by atoms with Crippen LogP contribution in [0.5, 0.6) is 11.5 Å². The van der Waals surface area contributed by atoms with Crippen molar-refractivity contribution in [1.82, 2.24) is 10.3 Å². The van der Waals surface area contributed by atoms with Crippen LogP contribution in [0.2, 0.25) is 10.0 Å². The number of methoxy groups -OCH3 is 2. The molecule has 8 nitrogen and oxygen atoms in total. The third kappa shape index (κ3) is 7.99. The highest BCUT2D eigenvalue weighted by molar-refractivity contribution is 7.13. The molecular weight excluding hydrogens is 539 g/mol. The maximum absolute atomic E-state index is 13.1. The summed E-state index contributed by atoms with van der Waals surface area (Å²) in [4.78, 5) is 30.2. The molecule has 0 aliphatic heterocycles. The number of nitrogens with one attached hydrogen (secondary N) is 1. The van der Waals surface area contributed by atoms with Gasteiger partial charge in [0, 0.05) is 23.7 Å². The topological polar surface area (TPSA) is 96.0 Å². The van der Waals surface area contributed by atoms with Crippen LogP contribution in [0.3, 0.4) is 0 Å². The van der Waals surface area contributed by atoms with Crippen molar-refractivity contribution < 1.29 is 28.5 Å². The van der Waals surface area contributed by atoms with E-state index in [1.54, 1.807) is 51.1 Å². The lowest BCUT2D eigenvalue weighted by Gasteiger charge is -2.20. The minimum absolute atomic E-state index is 0.208. The van der Waals surface area contributed by atoms with E-state index in [1.165, 1.54) is 38.0 Å². The van der Waals surface area contributed by atoms with Gasteiger partial charge >= 0.3 is 12.1 Å². The van der Waals surface area contributed by atoms with Crippen molar-refractivity contribution in [1.29, 1.82) is 0 Å². The lowest BCUT2D eigenvalue weighted by Crippen LogP contribution is -2.31. The van der Waals surface area contributed by atoms with E-state index in [1.807, 2.05) is 0 Å². The number of rotatable bonds is 9. The van der Waals surface area contributed by atoms with Gasteiger partial charge in [-0.25, -0.2) is 9.59 Å². The number of hydrogen-bond donors (Lipinski definition) is 1. The van der Waals surface area contributed by atoms with Crippen molar-refractivity contribution in [2.24, 2.45) is 0 Å². The summed E-state index contributed by atoms with van der Waals surface area (Å²) < 4.78 is 21.9. The Balaban J connectivity index is 1.81. The van der Waals surface area contributed by atoms with Crippen molar-refractivity contribution in [3.05, 3.63) is 73.7 Å². The lowest BCUT2D eigenvalue weighted by atomic mass is 10.0. The van der Waals surface area contributed by atoms with E-state index in [9.17, 15) is 9.59 Å². The van der Waals surface area contributed by atoms with Crippen LogP contribution in [0.25, 0.3) is 0 Å². The number of benzene rings is 1. The average Bonchev–Trinajstić information content (AvgIpc) is 3.32. The number of hydrogen-bond acceptors (Lipinski definition) is 8. The van der Waals surface area contributed by atoms with E-state index in [2.05, 4.69) is 10.3 Å². The molecule has 0 aliphatic rings. The molecule has 0 bridgehead atoms. The number of carbonyl (C=O) groups excluding carboxylic acids is 2. The lowest BCUT2D eigenvalue weighted by molar-refractivity contribution is 0.0302. The number of ether oxygens (including phenoxy) is 4. The van der Waals surface area contributed by atoms with E-state index in [-0.39, 0.29) is 13.0 Å². The molecule has 198 valence electrons. The van der Waals surface area contributed by atoms with E-state index in [4.69, 9.17) is 42.1 Å². The van der Waals surface area contributed by atoms with Gasteiger partial charge in [0.25, 0.3) is 0 Å². The molecule has 0 spiro atoms. The summed E-state index contributed by atoms with van der Waals surface area (Å²) in [5.41, 5.74) is 0.659. The molecule has 2 aromatic heterocycles. The molecule has 3 rings (SSSR count). The Bertz CT molecular complexity index is 1240. The fourth-order valence-electron chi connectivity index (χ4n) is 3.34. The molecule has 1 atom stereocenters. The molecule has 11 heteroatoms. The molecule has 2 heterocycles. The number of esters is 1. The molecule has 0 radical (unpaired) electrons. The first-order valence-electron chi connectivity index (χ1n) is 11.3. The predicted molar refractivity (Wildman–Crippen MR) is 143 cm³/mol. The van der Waals surface area contributed by atoms with Gasteiger partial charge in [0.2, 0.25) is 0 Å². The number of alkyl carbamates (subject to hydrolysis) is 1. The van der Waals surface area contributed by atoms with Crippen molar-refractivity contribution in [2.75, 3.05) is 14.2 Å².